The molecular formula is C20H32O3. The minimum Gasteiger partial charge on any atom is -0.481 e. The molecular weight excluding hydrogens is 288 g/mol. The third kappa shape index (κ3) is 3.54. The smallest absolute Gasteiger partial charge is 0.303 e. The molecule has 0 spiro atoms. The highest BCUT2D eigenvalue weighted by molar-refractivity contribution is 5.94. The zero-order valence-corrected chi connectivity index (χ0v) is 15.3. The largest absolute Gasteiger partial charge is 0.481 e. The molecule has 130 valence electrons. The summed E-state index contributed by atoms with van der Waals surface area (Å²) in [5, 5.41) is 8.96. The van der Waals surface area contributed by atoms with Crippen molar-refractivity contribution < 1.29 is 14.7 Å². The van der Waals surface area contributed by atoms with Crippen LogP contribution in [0.25, 0.3) is 0 Å². The van der Waals surface area contributed by atoms with Crippen LogP contribution in [0.1, 0.15) is 73.1 Å². The molecule has 0 aromatic heterocycles. The van der Waals surface area contributed by atoms with E-state index in [4.69, 9.17) is 5.11 Å². The number of hydrogen-bond acceptors (Lipinski definition) is 2. The second kappa shape index (κ2) is 6.41. The molecule has 0 radical (unpaired) electrons. The third-order valence-electron chi connectivity index (χ3n) is 6.45. The molecule has 2 aliphatic rings. The van der Waals surface area contributed by atoms with Crippen molar-refractivity contribution in [3.05, 3.63) is 11.6 Å². The van der Waals surface area contributed by atoms with E-state index in [1.807, 2.05) is 13.0 Å². The molecule has 0 bridgehead atoms. The standard InChI is InChI=1S/C20H32O3/c1-13(11-17(22)23)7-8-15-14(2)12-16(21)18-19(3,4)9-6-10-20(15,18)5/h12-13,15,18H,6-11H2,1-5H3,(H,22,23)/t13-,15+,18-,20-/m1/s1. The van der Waals surface area contributed by atoms with Gasteiger partial charge in [-0.2, -0.15) is 0 Å². The van der Waals surface area contributed by atoms with Gasteiger partial charge in [-0.25, -0.2) is 0 Å². The second-order valence-corrected chi connectivity index (χ2v) is 8.90. The zero-order chi connectivity index (χ0) is 17.4. The molecule has 1 fully saturated rings. The summed E-state index contributed by atoms with van der Waals surface area (Å²) in [6, 6.07) is 0. The van der Waals surface area contributed by atoms with Crippen LogP contribution in [0.2, 0.25) is 0 Å². The number of fused-ring (bicyclic) bond motifs is 1. The average molecular weight is 320 g/mol. The SMILES string of the molecule is CC1=CC(=O)[C@@H]2C(C)(C)CCC[C@]2(C)[C@H]1CC[C@@H](C)CC(=O)O. The summed E-state index contributed by atoms with van der Waals surface area (Å²) in [5.74, 6) is 0.292. The number of carbonyl (C=O) groups is 2. The first-order valence-corrected chi connectivity index (χ1v) is 9.02. The van der Waals surface area contributed by atoms with E-state index >= 15 is 0 Å². The lowest BCUT2D eigenvalue weighted by Crippen LogP contribution is -2.52. The molecule has 4 atom stereocenters. The van der Waals surface area contributed by atoms with Gasteiger partial charge in [-0.1, -0.05) is 39.7 Å². The minimum atomic E-state index is -0.716. The van der Waals surface area contributed by atoms with Crippen LogP contribution >= 0.6 is 0 Å². The maximum absolute atomic E-state index is 12.7. The number of aliphatic carboxylic acids is 1. The Balaban J connectivity index is 2.22. The molecule has 0 aromatic rings. The molecule has 1 N–H and O–H groups in total. The lowest BCUT2D eigenvalue weighted by molar-refractivity contribution is -0.138. The Kier molecular flexibility index (Phi) is 5.08. The van der Waals surface area contributed by atoms with E-state index in [9.17, 15) is 9.59 Å². The average Bonchev–Trinajstić information content (AvgIpc) is 2.34. The van der Waals surface area contributed by atoms with E-state index in [0.717, 1.165) is 25.7 Å². The molecule has 23 heavy (non-hydrogen) atoms. The van der Waals surface area contributed by atoms with Crippen molar-refractivity contribution in [2.24, 2.45) is 28.6 Å². The van der Waals surface area contributed by atoms with Gasteiger partial charge in [-0.05, 0) is 61.3 Å². The van der Waals surface area contributed by atoms with Crippen LogP contribution in [0, 0.1) is 28.6 Å². The Morgan fingerprint density at radius 3 is 2.61 bits per heavy atom. The molecule has 0 amide bonds. The maximum atomic E-state index is 12.7. The Morgan fingerprint density at radius 1 is 1.35 bits per heavy atom. The Hall–Kier alpha value is -1.12. The summed E-state index contributed by atoms with van der Waals surface area (Å²) >= 11 is 0. The first-order valence-electron chi connectivity index (χ1n) is 9.02. The lowest BCUT2D eigenvalue weighted by Gasteiger charge is -2.55. The van der Waals surface area contributed by atoms with Crippen molar-refractivity contribution in [1.29, 1.82) is 0 Å². The van der Waals surface area contributed by atoms with Crippen LogP contribution in [-0.2, 0) is 9.59 Å². The number of hydrogen-bond donors (Lipinski definition) is 1. The Bertz CT molecular complexity index is 517. The normalized spacial score (nSPS) is 34.5. The Morgan fingerprint density at radius 2 is 2.00 bits per heavy atom. The molecule has 3 heteroatoms. The van der Waals surface area contributed by atoms with E-state index in [-0.39, 0.29) is 29.1 Å². The highest BCUT2D eigenvalue weighted by atomic mass is 16.4. The summed E-state index contributed by atoms with van der Waals surface area (Å²) in [6.07, 6.45) is 7.43. The van der Waals surface area contributed by atoms with Crippen molar-refractivity contribution in [2.45, 2.75) is 73.1 Å². The van der Waals surface area contributed by atoms with Crippen LogP contribution in [0.5, 0.6) is 0 Å². The molecule has 2 aliphatic carbocycles. The van der Waals surface area contributed by atoms with Crippen molar-refractivity contribution >= 4 is 11.8 Å². The fraction of sp³-hybridized carbons (Fsp3) is 0.800. The summed E-state index contributed by atoms with van der Waals surface area (Å²) in [7, 11) is 0. The second-order valence-electron chi connectivity index (χ2n) is 8.90. The van der Waals surface area contributed by atoms with Gasteiger partial charge in [0.15, 0.2) is 5.78 Å². The molecule has 1 saturated carbocycles. The number of rotatable bonds is 5. The highest BCUT2D eigenvalue weighted by Crippen LogP contribution is 2.59. The molecule has 3 nitrogen and oxygen atoms in total. The lowest BCUT2D eigenvalue weighted by atomic mass is 9.48. The number of carboxylic acids is 1. The molecule has 0 aromatic carbocycles. The van der Waals surface area contributed by atoms with Gasteiger partial charge in [0.2, 0.25) is 0 Å². The fourth-order valence-electron chi connectivity index (χ4n) is 5.53. The number of carbonyl (C=O) groups excluding carboxylic acids is 1. The molecule has 2 rings (SSSR count). The van der Waals surface area contributed by atoms with Crippen molar-refractivity contribution in [3.63, 3.8) is 0 Å². The predicted molar refractivity (Wildman–Crippen MR) is 92.1 cm³/mol. The highest BCUT2D eigenvalue weighted by Gasteiger charge is 2.55. The van der Waals surface area contributed by atoms with Gasteiger partial charge in [-0.15, -0.1) is 0 Å². The first-order chi connectivity index (χ1) is 10.6. The molecule has 0 saturated heterocycles. The topological polar surface area (TPSA) is 54.4 Å². The van der Waals surface area contributed by atoms with Gasteiger partial charge in [0.05, 0.1) is 0 Å². The summed E-state index contributed by atoms with van der Waals surface area (Å²) in [6.45, 7) is 10.9. The van der Waals surface area contributed by atoms with E-state index in [1.54, 1.807) is 0 Å². The van der Waals surface area contributed by atoms with Gasteiger partial charge in [0.1, 0.15) is 0 Å². The van der Waals surface area contributed by atoms with Crippen molar-refractivity contribution in [2.75, 3.05) is 0 Å². The van der Waals surface area contributed by atoms with Gasteiger partial charge < -0.3 is 5.11 Å². The van der Waals surface area contributed by atoms with Crippen LogP contribution in [0.15, 0.2) is 11.6 Å². The van der Waals surface area contributed by atoms with Gasteiger partial charge >= 0.3 is 5.97 Å². The fourth-order valence-corrected chi connectivity index (χ4v) is 5.53. The van der Waals surface area contributed by atoms with Crippen LogP contribution in [0.4, 0.5) is 0 Å². The minimum absolute atomic E-state index is 0.0284. The van der Waals surface area contributed by atoms with E-state index in [2.05, 4.69) is 27.7 Å². The van der Waals surface area contributed by atoms with Crippen LogP contribution in [-0.4, -0.2) is 16.9 Å². The molecule has 0 heterocycles. The quantitative estimate of drug-likeness (QED) is 0.787. The van der Waals surface area contributed by atoms with Gasteiger partial charge in [-0.3, -0.25) is 9.59 Å². The van der Waals surface area contributed by atoms with E-state index < -0.39 is 5.97 Å². The van der Waals surface area contributed by atoms with Crippen molar-refractivity contribution in [3.8, 4) is 0 Å². The number of allylic oxidation sites excluding steroid dienone is 2. The predicted octanol–water partition coefficient (Wildman–Crippen LogP) is 4.86. The van der Waals surface area contributed by atoms with Crippen LogP contribution in [0.3, 0.4) is 0 Å². The van der Waals surface area contributed by atoms with Crippen molar-refractivity contribution in [1.82, 2.24) is 0 Å². The van der Waals surface area contributed by atoms with E-state index in [1.165, 1.54) is 12.0 Å². The number of ketones is 1. The first kappa shape index (κ1) is 18.2. The third-order valence-corrected chi connectivity index (χ3v) is 6.45. The molecule has 0 aliphatic heterocycles. The summed E-state index contributed by atoms with van der Waals surface area (Å²) in [4.78, 5) is 23.6. The van der Waals surface area contributed by atoms with Gasteiger partial charge in [0.25, 0.3) is 0 Å². The molecule has 0 unspecified atom stereocenters. The van der Waals surface area contributed by atoms with Gasteiger partial charge in [0, 0.05) is 12.3 Å². The zero-order valence-electron chi connectivity index (χ0n) is 15.3. The summed E-state index contributed by atoms with van der Waals surface area (Å²) < 4.78 is 0. The monoisotopic (exact) mass is 320 g/mol. The Labute approximate surface area is 140 Å². The summed E-state index contributed by atoms with van der Waals surface area (Å²) in [5.41, 5.74) is 1.29. The number of carboxylic acid groups (broad SMARTS) is 1. The van der Waals surface area contributed by atoms with E-state index in [0.29, 0.717) is 11.7 Å². The maximum Gasteiger partial charge on any atom is 0.303 e. The van der Waals surface area contributed by atoms with Crippen LogP contribution < -0.4 is 0 Å².